The summed E-state index contributed by atoms with van der Waals surface area (Å²) in [6.45, 7) is -0.404. The number of benzene rings is 2. The number of carbonyl (C=O) groups excluding carboxylic acids is 4. The molecule has 1 fully saturated rings. The van der Waals surface area contributed by atoms with Gasteiger partial charge in [-0.25, -0.2) is 4.79 Å². The first-order valence-corrected chi connectivity index (χ1v) is 9.79. The van der Waals surface area contributed by atoms with Crippen LogP contribution in [0.25, 0.3) is 0 Å². The minimum absolute atomic E-state index is 0.280. The lowest BCUT2D eigenvalue weighted by Crippen LogP contribution is -2.47. The van der Waals surface area contributed by atoms with Crippen molar-refractivity contribution in [1.29, 1.82) is 0 Å². The second kappa shape index (κ2) is 7.62. The highest BCUT2D eigenvalue weighted by atomic mass is 16.2. The Morgan fingerprint density at radius 2 is 1.93 bits per heavy atom. The molecule has 0 aromatic heterocycles. The fourth-order valence-corrected chi connectivity index (χ4v) is 4.18. The van der Waals surface area contributed by atoms with Gasteiger partial charge in [-0.15, -0.1) is 0 Å². The molecular weight excluding hydrogens is 384 g/mol. The zero-order valence-corrected chi connectivity index (χ0v) is 16.5. The summed E-state index contributed by atoms with van der Waals surface area (Å²) in [6, 6.07) is 13.4. The van der Waals surface area contributed by atoms with Crippen LogP contribution in [0.1, 0.15) is 34.3 Å². The highest BCUT2D eigenvalue weighted by Crippen LogP contribution is 2.39. The number of urea groups is 1. The molecule has 1 aliphatic carbocycles. The van der Waals surface area contributed by atoms with Crippen LogP contribution >= 0.6 is 0 Å². The zero-order valence-electron chi connectivity index (χ0n) is 16.5. The molecule has 2 aromatic carbocycles. The molecule has 1 saturated heterocycles. The van der Waals surface area contributed by atoms with Crippen LogP contribution in [0.15, 0.2) is 48.5 Å². The van der Waals surface area contributed by atoms with Crippen LogP contribution in [0, 0.1) is 0 Å². The van der Waals surface area contributed by atoms with Crippen LogP contribution in [-0.2, 0) is 21.5 Å². The lowest BCUT2D eigenvalue weighted by Gasteiger charge is -2.33. The number of rotatable bonds is 4. The molecular formula is C22H22N4O4. The first-order chi connectivity index (χ1) is 14.4. The van der Waals surface area contributed by atoms with E-state index in [2.05, 4.69) is 16.0 Å². The molecule has 1 heterocycles. The molecule has 1 spiro atoms. The summed E-state index contributed by atoms with van der Waals surface area (Å²) in [5, 5.41) is 7.99. The van der Waals surface area contributed by atoms with Crippen LogP contribution in [-0.4, -0.2) is 42.2 Å². The molecule has 8 nitrogen and oxygen atoms in total. The fourth-order valence-electron chi connectivity index (χ4n) is 4.18. The minimum atomic E-state index is -1.11. The molecule has 4 rings (SSSR count). The Kier molecular flexibility index (Phi) is 4.99. The van der Waals surface area contributed by atoms with Crippen LogP contribution < -0.4 is 16.0 Å². The Morgan fingerprint density at radius 3 is 2.73 bits per heavy atom. The molecule has 0 radical (unpaired) electrons. The number of aryl methyl sites for hydroxylation is 1. The van der Waals surface area contributed by atoms with Gasteiger partial charge in [0.15, 0.2) is 0 Å². The normalized spacial score (nSPS) is 20.0. The van der Waals surface area contributed by atoms with Crippen molar-refractivity contribution in [2.75, 3.05) is 18.9 Å². The van der Waals surface area contributed by atoms with E-state index in [1.54, 1.807) is 18.2 Å². The largest absolute Gasteiger partial charge is 0.355 e. The third kappa shape index (κ3) is 3.30. The van der Waals surface area contributed by atoms with E-state index >= 15 is 0 Å². The Morgan fingerprint density at radius 1 is 1.13 bits per heavy atom. The van der Waals surface area contributed by atoms with E-state index in [4.69, 9.17) is 0 Å². The standard InChI is InChI=1S/C22H22N4O4/c1-23-19(28)15-7-4-9-16(12-15)24-18(27)13-26-20(29)22(25-21(26)30)11-5-8-14-6-2-3-10-17(14)22/h2-4,6-7,9-10,12H,5,8,11,13H2,1H3,(H,23,28)(H,24,27)(H,25,30)/t22-/m1/s1. The van der Waals surface area contributed by atoms with Crippen LogP contribution in [0.3, 0.4) is 0 Å². The number of fused-ring (bicyclic) bond motifs is 2. The van der Waals surface area contributed by atoms with E-state index in [9.17, 15) is 19.2 Å². The molecule has 0 saturated carbocycles. The van der Waals surface area contributed by atoms with Crippen molar-refractivity contribution in [3.05, 3.63) is 65.2 Å². The van der Waals surface area contributed by atoms with E-state index in [0.717, 1.165) is 28.9 Å². The van der Waals surface area contributed by atoms with Crippen LogP contribution in [0.5, 0.6) is 0 Å². The number of amides is 5. The maximum absolute atomic E-state index is 13.2. The second-order valence-corrected chi connectivity index (χ2v) is 7.45. The maximum atomic E-state index is 13.2. The summed E-state index contributed by atoms with van der Waals surface area (Å²) in [4.78, 5) is 51.1. The first-order valence-electron chi connectivity index (χ1n) is 9.79. The van der Waals surface area contributed by atoms with E-state index in [1.165, 1.54) is 13.1 Å². The summed E-state index contributed by atoms with van der Waals surface area (Å²) >= 11 is 0. The van der Waals surface area contributed by atoms with Crippen molar-refractivity contribution in [2.24, 2.45) is 0 Å². The topological polar surface area (TPSA) is 108 Å². The average Bonchev–Trinajstić information content (AvgIpc) is 2.98. The summed E-state index contributed by atoms with van der Waals surface area (Å²) in [6.07, 6.45) is 2.12. The third-order valence-electron chi connectivity index (χ3n) is 5.59. The zero-order chi connectivity index (χ0) is 21.3. The van der Waals surface area contributed by atoms with E-state index in [0.29, 0.717) is 17.7 Å². The predicted molar refractivity (Wildman–Crippen MR) is 110 cm³/mol. The fraction of sp³-hybridized carbons (Fsp3) is 0.273. The van der Waals surface area contributed by atoms with Gasteiger partial charge in [-0.1, -0.05) is 30.3 Å². The number of carbonyl (C=O) groups is 4. The summed E-state index contributed by atoms with van der Waals surface area (Å²) < 4.78 is 0. The average molecular weight is 406 g/mol. The molecule has 0 unspecified atom stereocenters. The van der Waals surface area contributed by atoms with Gasteiger partial charge < -0.3 is 16.0 Å². The van der Waals surface area contributed by atoms with E-state index < -0.39 is 29.9 Å². The summed E-state index contributed by atoms with van der Waals surface area (Å²) in [5.41, 5.74) is 1.53. The third-order valence-corrected chi connectivity index (χ3v) is 5.59. The van der Waals surface area contributed by atoms with Gasteiger partial charge in [-0.3, -0.25) is 19.3 Å². The molecule has 2 aromatic rings. The number of anilines is 1. The van der Waals surface area contributed by atoms with Gasteiger partial charge in [0, 0.05) is 18.3 Å². The highest BCUT2D eigenvalue weighted by molar-refractivity contribution is 6.10. The molecule has 1 aliphatic heterocycles. The Hall–Kier alpha value is -3.68. The monoisotopic (exact) mass is 406 g/mol. The number of hydrogen-bond acceptors (Lipinski definition) is 4. The second-order valence-electron chi connectivity index (χ2n) is 7.45. The molecule has 8 heteroatoms. The molecule has 1 atom stereocenters. The van der Waals surface area contributed by atoms with Gasteiger partial charge in [0.05, 0.1) is 0 Å². The SMILES string of the molecule is CNC(=O)c1cccc(NC(=O)CN2C(=O)N[C@@]3(CCCc4ccccc43)C2=O)c1. The van der Waals surface area contributed by atoms with Crippen molar-refractivity contribution >= 4 is 29.4 Å². The molecule has 154 valence electrons. The smallest absolute Gasteiger partial charge is 0.325 e. The number of imide groups is 1. The van der Waals surface area contributed by atoms with Crippen molar-refractivity contribution in [3.63, 3.8) is 0 Å². The van der Waals surface area contributed by atoms with E-state index in [1.807, 2.05) is 24.3 Å². The Bertz CT molecular complexity index is 1050. The predicted octanol–water partition coefficient (Wildman–Crippen LogP) is 1.77. The minimum Gasteiger partial charge on any atom is -0.355 e. The Labute approximate surface area is 173 Å². The lowest BCUT2D eigenvalue weighted by atomic mass is 9.76. The van der Waals surface area contributed by atoms with Crippen LogP contribution in [0.4, 0.5) is 10.5 Å². The lowest BCUT2D eigenvalue weighted by molar-refractivity contribution is -0.134. The summed E-state index contributed by atoms with van der Waals surface area (Å²) in [5.74, 6) is -1.21. The van der Waals surface area contributed by atoms with Crippen LogP contribution in [0.2, 0.25) is 0 Å². The van der Waals surface area contributed by atoms with Crippen molar-refractivity contribution in [2.45, 2.75) is 24.8 Å². The van der Waals surface area contributed by atoms with Gasteiger partial charge in [-0.05, 0) is 48.6 Å². The first kappa shape index (κ1) is 19.6. The van der Waals surface area contributed by atoms with Crippen molar-refractivity contribution in [3.8, 4) is 0 Å². The molecule has 3 N–H and O–H groups in total. The molecule has 5 amide bonds. The molecule has 0 bridgehead atoms. The highest BCUT2D eigenvalue weighted by Gasteiger charge is 2.54. The summed E-state index contributed by atoms with van der Waals surface area (Å²) in [7, 11) is 1.52. The van der Waals surface area contributed by atoms with Gasteiger partial charge in [0.2, 0.25) is 5.91 Å². The van der Waals surface area contributed by atoms with Gasteiger partial charge in [-0.2, -0.15) is 0 Å². The van der Waals surface area contributed by atoms with Crippen molar-refractivity contribution < 1.29 is 19.2 Å². The quantitative estimate of drug-likeness (QED) is 0.673. The molecule has 30 heavy (non-hydrogen) atoms. The number of nitrogens with zero attached hydrogens (tertiary/aromatic N) is 1. The van der Waals surface area contributed by atoms with Crippen molar-refractivity contribution in [1.82, 2.24) is 15.5 Å². The van der Waals surface area contributed by atoms with Gasteiger partial charge in [0.25, 0.3) is 11.8 Å². The van der Waals surface area contributed by atoms with Gasteiger partial charge >= 0.3 is 6.03 Å². The number of hydrogen-bond donors (Lipinski definition) is 3. The Balaban J connectivity index is 1.51. The maximum Gasteiger partial charge on any atom is 0.325 e. The molecule has 2 aliphatic rings. The van der Waals surface area contributed by atoms with E-state index in [-0.39, 0.29) is 5.91 Å². The number of nitrogens with one attached hydrogen (secondary N) is 3. The van der Waals surface area contributed by atoms with Gasteiger partial charge in [0.1, 0.15) is 12.1 Å².